The maximum absolute atomic E-state index is 9.82. The first kappa shape index (κ1) is 11.1. The molecule has 1 heteroatoms. The van der Waals surface area contributed by atoms with Crippen LogP contribution >= 0.6 is 0 Å². The van der Waals surface area contributed by atoms with Crippen LogP contribution in [0.4, 0.5) is 0 Å². The highest BCUT2D eigenvalue weighted by Gasteiger charge is 2.18. The lowest BCUT2D eigenvalue weighted by atomic mass is 9.85. The standard InChI is InChI=1S/C48H30O/c1-2-10-31(11-3-1)32-18-20-33(21-19-32)34-22-24-36(25-23-34)46-39-14-6-8-16-41(39)47(42-17-9-7-15-40(42)46)37-27-29-45-44(30-37)43-28-26-35-12-4-5-13-38(35)48(43)49-45/h1-30H/i1D,2D,3D,4D,5D,6D,7D,8D,9D,10D,11D,12D,13D,14D,15D,16D,17D,18D,19D,20D,21D,22D,23D,24D,25D,26D,27D,28D,29D,30D. The summed E-state index contributed by atoms with van der Waals surface area (Å²) >= 11 is 0. The van der Waals surface area contributed by atoms with Crippen LogP contribution in [0.25, 0.3) is 98.8 Å². The molecule has 0 unspecified atom stereocenters. The lowest BCUT2D eigenvalue weighted by Crippen LogP contribution is -1.91. The van der Waals surface area contributed by atoms with Gasteiger partial charge in [-0.1, -0.05) is 163 Å². The lowest BCUT2D eigenvalue weighted by Gasteiger charge is -2.18. The molecule has 0 aliphatic rings. The monoisotopic (exact) mass is 652 g/mol. The van der Waals surface area contributed by atoms with E-state index in [1.165, 1.54) is 0 Å². The predicted molar refractivity (Wildman–Crippen MR) is 208 cm³/mol. The Morgan fingerprint density at radius 2 is 0.755 bits per heavy atom. The summed E-state index contributed by atoms with van der Waals surface area (Å²) < 4.78 is 275. The minimum atomic E-state index is -1.14. The summed E-state index contributed by atoms with van der Waals surface area (Å²) in [6, 6.07) is -28.5. The van der Waals surface area contributed by atoms with Gasteiger partial charge in [0.15, 0.2) is 0 Å². The molecule has 228 valence electrons. The molecule has 0 saturated heterocycles. The van der Waals surface area contributed by atoms with Crippen LogP contribution in [0.2, 0.25) is 0 Å². The molecule has 0 N–H and O–H groups in total. The highest BCUT2D eigenvalue weighted by atomic mass is 16.3. The summed E-state index contributed by atoms with van der Waals surface area (Å²) in [5.74, 6) is 0. The first-order chi connectivity index (χ1) is 36.8. The van der Waals surface area contributed by atoms with Crippen molar-refractivity contribution in [3.05, 3.63) is 181 Å². The fourth-order valence-electron chi connectivity index (χ4n) is 5.66. The Morgan fingerprint density at radius 3 is 1.35 bits per heavy atom. The van der Waals surface area contributed by atoms with Gasteiger partial charge in [0, 0.05) is 16.2 Å². The smallest absolute Gasteiger partial charge is 0.143 e. The number of benzene rings is 9. The van der Waals surface area contributed by atoms with Crippen LogP contribution in [0.3, 0.4) is 0 Å². The Morgan fingerprint density at radius 1 is 0.306 bits per heavy atom. The fraction of sp³-hybridized carbons (Fsp3) is 0. The molecular weight excluding hydrogens is 593 g/mol. The topological polar surface area (TPSA) is 13.1 Å². The molecule has 9 aromatic carbocycles. The largest absolute Gasteiger partial charge is 0.455 e. The quantitative estimate of drug-likeness (QED) is 0.172. The second-order valence-electron chi connectivity index (χ2n) is 10.5. The lowest BCUT2D eigenvalue weighted by molar-refractivity contribution is 0.672. The highest BCUT2D eigenvalue weighted by Crippen LogP contribution is 2.45. The van der Waals surface area contributed by atoms with Crippen LogP contribution in [0.5, 0.6) is 0 Å². The van der Waals surface area contributed by atoms with E-state index in [1.807, 2.05) is 0 Å². The summed E-state index contributed by atoms with van der Waals surface area (Å²) in [7, 11) is 0. The van der Waals surface area contributed by atoms with E-state index < -0.39 is 280 Å². The van der Waals surface area contributed by atoms with E-state index in [2.05, 4.69) is 0 Å². The van der Waals surface area contributed by atoms with Gasteiger partial charge in [0.2, 0.25) is 0 Å². The van der Waals surface area contributed by atoms with Crippen molar-refractivity contribution in [3.63, 3.8) is 0 Å². The molecule has 10 rings (SSSR count). The van der Waals surface area contributed by atoms with Crippen LogP contribution in [-0.2, 0) is 0 Å². The van der Waals surface area contributed by atoms with Crippen molar-refractivity contribution in [2.75, 3.05) is 0 Å². The van der Waals surface area contributed by atoms with Crippen molar-refractivity contribution in [2.24, 2.45) is 0 Å². The fourth-order valence-corrected chi connectivity index (χ4v) is 5.66. The molecule has 0 aliphatic carbocycles. The van der Waals surface area contributed by atoms with Gasteiger partial charge in [0.1, 0.15) is 11.2 Å². The summed E-state index contributed by atoms with van der Waals surface area (Å²) in [4.78, 5) is 0. The molecule has 1 aromatic heterocycles. The number of furan rings is 1. The van der Waals surface area contributed by atoms with E-state index in [-0.39, 0.29) is 0 Å². The zero-order valence-corrected chi connectivity index (χ0v) is 24.4. The molecule has 0 atom stereocenters. The van der Waals surface area contributed by atoms with Gasteiger partial charge in [-0.25, -0.2) is 0 Å². The SMILES string of the molecule is [2H]c1c([2H])c([2H])c(-c2c([2H])c([2H])c(-c3c([2H])c([2H])c(-c4c5c([2H])c([2H])c([2H])c([2H])c5c(-c5c([2H])c([2H])c6oc7c8c([2H])c([2H])c([2H])c([2H])c8c([2H])c([2H])c7c6c5[2H])c5c([2H])c([2H])c([2H])c([2H])c45)c([2H])c3[2H])c([2H])c2[2H])c([2H])c1[2H]. The molecule has 0 aliphatic heterocycles. The maximum Gasteiger partial charge on any atom is 0.143 e. The Hall–Kier alpha value is -6.44. The average molecular weight is 653 g/mol. The molecule has 10 aromatic rings. The minimum Gasteiger partial charge on any atom is -0.455 e. The van der Waals surface area contributed by atoms with Gasteiger partial charge < -0.3 is 4.42 Å². The average Bonchev–Trinajstić information content (AvgIpc) is 3.72. The van der Waals surface area contributed by atoms with E-state index in [0.717, 1.165) is 0 Å². The van der Waals surface area contributed by atoms with Gasteiger partial charge in [0.05, 0.1) is 41.1 Å². The summed E-state index contributed by atoms with van der Waals surface area (Å²) in [5.41, 5.74) is -7.60. The van der Waals surface area contributed by atoms with E-state index >= 15 is 0 Å². The van der Waals surface area contributed by atoms with Crippen molar-refractivity contribution in [1.82, 2.24) is 0 Å². The number of rotatable bonds is 4. The Bertz CT molecular complexity index is 4430. The van der Waals surface area contributed by atoms with Crippen molar-refractivity contribution in [1.29, 1.82) is 0 Å². The first-order valence-electron chi connectivity index (χ1n) is 29.4. The van der Waals surface area contributed by atoms with Crippen molar-refractivity contribution >= 4 is 54.3 Å². The van der Waals surface area contributed by atoms with Crippen LogP contribution in [0, 0.1) is 0 Å². The Labute approximate surface area is 326 Å². The molecule has 0 bridgehead atoms. The van der Waals surface area contributed by atoms with E-state index in [9.17, 15) is 15.1 Å². The normalized spacial score (nSPS) is 20.2. The molecular formula is C48H30O. The molecule has 0 radical (unpaired) electrons. The second-order valence-corrected chi connectivity index (χ2v) is 10.5. The van der Waals surface area contributed by atoms with Gasteiger partial charge in [-0.2, -0.15) is 0 Å². The second kappa shape index (κ2) is 11.1. The molecule has 1 heterocycles. The number of hydrogen-bond acceptors (Lipinski definition) is 1. The van der Waals surface area contributed by atoms with Crippen molar-refractivity contribution in [3.8, 4) is 44.5 Å². The molecule has 49 heavy (non-hydrogen) atoms. The molecule has 0 fully saturated rings. The predicted octanol–water partition coefficient (Wildman–Crippen LogP) is 13.7. The number of fused-ring (bicyclic) bond motifs is 7. The summed E-state index contributed by atoms with van der Waals surface area (Å²) in [5, 5.41) is -4.97. The molecule has 1 nitrogen and oxygen atoms in total. The van der Waals surface area contributed by atoms with E-state index in [1.54, 1.807) is 0 Å². The molecule has 0 amide bonds. The van der Waals surface area contributed by atoms with Crippen molar-refractivity contribution < 1.29 is 45.5 Å². The van der Waals surface area contributed by atoms with Gasteiger partial charge in [-0.15, -0.1) is 0 Å². The zero-order chi connectivity index (χ0) is 58.4. The van der Waals surface area contributed by atoms with E-state index in [0.29, 0.717) is 0 Å². The Kier molecular flexibility index (Phi) is 2.50. The molecule has 0 spiro atoms. The van der Waals surface area contributed by atoms with Crippen LogP contribution in [-0.4, -0.2) is 0 Å². The van der Waals surface area contributed by atoms with Gasteiger partial charge in [-0.3, -0.25) is 0 Å². The third-order valence-electron chi connectivity index (χ3n) is 7.81. The van der Waals surface area contributed by atoms with Crippen LogP contribution < -0.4 is 0 Å². The van der Waals surface area contributed by atoms with Gasteiger partial charge >= 0.3 is 0 Å². The van der Waals surface area contributed by atoms with Gasteiger partial charge in [-0.05, 0) is 89.6 Å². The first-order valence-corrected chi connectivity index (χ1v) is 14.4. The van der Waals surface area contributed by atoms with Crippen molar-refractivity contribution in [2.45, 2.75) is 0 Å². The van der Waals surface area contributed by atoms with Gasteiger partial charge in [0.25, 0.3) is 0 Å². The van der Waals surface area contributed by atoms with E-state index in [4.69, 9.17) is 30.5 Å². The summed E-state index contributed by atoms with van der Waals surface area (Å²) in [6.07, 6.45) is 0. The highest BCUT2D eigenvalue weighted by molar-refractivity contribution is 6.22. The third-order valence-corrected chi connectivity index (χ3v) is 7.81. The zero-order valence-electron chi connectivity index (χ0n) is 54.4. The number of hydrogen-bond donors (Lipinski definition) is 0. The van der Waals surface area contributed by atoms with Crippen LogP contribution in [0.15, 0.2) is 186 Å². The third kappa shape index (κ3) is 4.47. The van der Waals surface area contributed by atoms with Crippen LogP contribution in [0.1, 0.15) is 41.1 Å². The maximum atomic E-state index is 9.82. The molecule has 0 saturated carbocycles. The Balaban J connectivity index is 1.39. The minimum absolute atomic E-state index is 0.428. The summed E-state index contributed by atoms with van der Waals surface area (Å²) in [6.45, 7) is 0.